The van der Waals surface area contributed by atoms with Crippen LogP contribution in [0.3, 0.4) is 0 Å². The number of ether oxygens (including phenoxy) is 2. The van der Waals surface area contributed by atoms with Crippen LogP contribution in [0, 0.1) is 11.3 Å². The third kappa shape index (κ3) is 6.30. The fourth-order valence-corrected chi connectivity index (χ4v) is 5.38. The summed E-state index contributed by atoms with van der Waals surface area (Å²) in [6, 6.07) is 5.20. The predicted molar refractivity (Wildman–Crippen MR) is 141 cm³/mol. The molecule has 0 aromatic carbocycles. The minimum Gasteiger partial charge on any atom is -0.384 e. The van der Waals surface area contributed by atoms with Gasteiger partial charge in [0.2, 0.25) is 0 Å². The van der Waals surface area contributed by atoms with Gasteiger partial charge in [-0.3, -0.25) is 19.8 Å². The van der Waals surface area contributed by atoms with Crippen LogP contribution in [0.1, 0.15) is 46.4 Å². The van der Waals surface area contributed by atoms with Gasteiger partial charge in [0.15, 0.2) is 6.29 Å². The lowest BCUT2D eigenvalue weighted by atomic mass is 10.0. The highest BCUT2D eigenvalue weighted by molar-refractivity contribution is 7.99. The number of nitriles is 1. The van der Waals surface area contributed by atoms with Crippen molar-refractivity contribution in [1.82, 2.24) is 14.9 Å². The molecule has 2 aromatic heterocycles. The second-order valence-electron chi connectivity index (χ2n) is 9.03. The first-order valence-corrected chi connectivity index (χ1v) is 13.4. The van der Waals surface area contributed by atoms with E-state index in [1.54, 1.807) is 25.1 Å². The molecule has 2 aliphatic heterocycles. The SMILES string of the molecule is COCCSc1cc(NC(=O)N2CCCc3cc(CN(C)C(=O)C4CCCO4)c(C=O)nc32)ncc1C#N. The largest absolute Gasteiger partial charge is 0.384 e. The van der Waals surface area contributed by atoms with Crippen molar-refractivity contribution in [3.05, 3.63) is 40.7 Å². The minimum absolute atomic E-state index is 0.118. The fourth-order valence-electron chi connectivity index (χ4n) is 4.46. The second kappa shape index (κ2) is 12.8. The van der Waals surface area contributed by atoms with Gasteiger partial charge < -0.3 is 14.4 Å². The molecule has 4 rings (SSSR count). The van der Waals surface area contributed by atoms with E-state index in [0.717, 1.165) is 12.0 Å². The number of pyridine rings is 2. The normalized spacial score (nSPS) is 16.4. The first-order chi connectivity index (χ1) is 18.4. The summed E-state index contributed by atoms with van der Waals surface area (Å²) >= 11 is 1.44. The second-order valence-corrected chi connectivity index (χ2v) is 10.2. The summed E-state index contributed by atoms with van der Waals surface area (Å²) in [5.41, 5.74) is 2.05. The maximum atomic E-state index is 13.2. The minimum atomic E-state index is -0.445. The summed E-state index contributed by atoms with van der Waals surface area (Å²) in [4.78, 5) is 50.4. The molecule has 3 amide bonds. The van der Waals surface area contributed by atoms with E-state index >= 15 is 0 Å². The molecule has 0 aliphatic carbocycles. The van der Waals surface area contributed by atoms with Crippen molar-refractivity contribution in [3.8, 4) is 6.07 Å². The van der Waals surface area contributed by atoms with Crippen LogP contribution in [-0.4, -0.2) is 78.9 Å². The summed E-state index contributed by atoms with van der Waals surface area (Å²) in [6.07, 6.45) is 4.59. The third-order valence-corrected chi connectivity index (χ3v) is 7.41. The highest BCUT2D eigenvalue weighted by Crippen LogP contribution is 2.29. The summed E-state index contributed by atoms with van der Waals surface area (Å²) in [5.74, 6) is 1.25. The molecular weight excluding hydrogens is 508 g/mol. The molecule has 38 heavy (non-hydrogen) atoms. The predicted octanol–water partition coefficient (Wildman–Crippen LogP) is 3.02. The summed E-state index contributed by atoms with van der Waals surface area (Å²) < 4.78 is 10.6. The number of likely N-dealkylation sites (N-methyl/N-ethyl adjacent to an activating group) is 1. The molecule has 0 bridgehead atoms. The molecule has 1 atom stereocenters. The Morgan fingerprint density at radius 2 is 2.24 bits per heavy atom. The van der Waals surface area contributed by atoms with Gasteiger partial charge in [-0.1, -0.05) is 0 Å². The number of hydrogen-bond acceptors (Lipinski definition) is 9. The number of nitrogens with one attached hydrogen (secondary N) is 1. The molecule has 1 saturated heterocycles. The lowest BCUT2D eigenvalue weighted by molar-refractivity contribution is -0.140. The van der Waals surface area contributed by atoms with E-state index in [1.807, 2.05) is 6.07 Å². The smallest absolute Gasteiger partial charge is 0.328 e. The van der Waals surface area contributed by atoms with Crippen molar-refractivity contribution < 1.29 is 23.9 Å². The molecule has 4 heterocycles. The highest BCUT2D eigenvalue weighted by atomic mass is 32.2. The van der Waals surface area contributed by atoms with Gasteiger partial charge in [-0.05, 0) is 43.4 Å². The molecule has 0 saturated carbocycles. The van der Waals surface area contributed by atoms with Gasteiger partial charge in [0.25, 0.3) is 5.91 Å². The maximum absolute atomic E-state index is 13.2. The van der Waals surface area contributed by atoms with Crippen molar-refractivity contribution in [3.63, 3.8) is 0 Å². The van der Waals surface area contributed by atoms with E-state index in [4.69, 9.17) is 9.47 Å². The molecule has 1 N–H and O–H groups in total. The first-order valence-electron chi connectivity index (χ1n) is 12.4. The van der Waals surface area contributed by atoms with Crippen LogP contribution in [0.15, 0.2) is 23.2 Å². The van der Waals surface area contributed by atoms with Gasteiger partial charge >= 0.3 is 6.03 Å². The molecule has 12 heteroatoms. The number of methoxy groups -OCH3 is 1. The number of aldehydes is 1. The zero-order chi connectivity index (χ0) is 27.1. The number of nitrogens with zero attached hydrogens (tertiary/aromatic N) is 5. The van der Waals surface area contributed by atoms with Crippen LogP contribution in [-0.2, 0) is 27.2 Å². The van der Waals surface area contributed by atoms with Crippen molar-refractivity contribution in [2.75, 3.05) is 49.9 Å². The summed E-state index contributed by atoms with van der Waals surface area (Å²) in [6.45, 7) is 1.74. The van der Waals surface area contributed by atoms with Crippen LogP contribution in [0.4, 0.5) is 16.4 Å². The number of aryl methyl sites for hydroxylation is 1. The van der Waals surface area contributed by atoms with E-state index in [0.29, 0.717) is 78.7 Å². The lowest BCUT2D eigenvalue weighted by Crippen LogP contribution is -2.40. The molecule has 1 unspecified atom stereocenters. The molecule has 2 aliphatic rings. The Labute approximate surface area is 225 Å². The van der Waals surface area contributed by atoms with E-state index in [9.17, 15) is 19.6 Å². The van der Waals surface area contributed by atoms with Crippen molar-refractivity contribution in [2.45, 2.75) is 43.2 Å². The number of carbonyl (C=O) groups excluding carboxylic acids is 3. The third-order valence-electron chi connectivity index (χ3n) is 6.39. The quantitative estimate of drug-likeness (QED) is 0.290. The number of anilines is 2. The van der Waals surface area contributed by atoms with E-state index in [2.05, 4.69) is 21.4 Å². The molecule has 1 fully saturated rings. The Bertz CT molecular complexity index is 1240. The van der Waals surface area contributed by atoms with Gasteiger partial charge in [0.1, 0.15) is 29.5 Å². The average molecular weight is 539 g/mol. The van der Waals surface area contributed by atoms with E-state index in [1.165, 1.54) is 22.9 Å². The molecule has 0 radical (unpaired) electrons. The zero-order valence-electron chi connectivity index (χ0n) is 21.4. The summed E-state index contributed by atoms with van der Waals surface area (Å²) in [7, 11) is 3.29. The monoisotopic (exact) mass is 538 g/mol. The van der Waals surface area contributed by atoms with Gasteiger partial charge in [0.05, 0.1) is 12.2 Å². The molecular formula is C26H30N6O5S. The van der Waals surface area contributed by atoms with E-state index in [-0.39, 0.29) is 18.1 Å². The zero-order valence-corrected chi connectivity index (χ0v) is 22.3. The van der Waals surface area contributed by atoms with E-state index < -0.39 is 12.1 Å². The lowest BCUT2D eigenvalue weighted by Gasteiger charge is -2.29. The van der Waals surface area contributed by atoms with Crippen LogP contribution in [0.5, 0.6) is 0 Å². The average Bonchev–Trinajstić information content (AvgIpc) is 3.47. The Balaban J connectivity index is 1.51. The Morgan fingerprint density at radius 3 is 2.95 bits per heavy atom. The van der Waals surface area contributed by atoms with Crippen LogP contribution >= 0.6 is 11.8 Å². The Hall–Kier alpha value is -3.53. The number of rotatable bonds is 9. The number of amides is 3. The standard InChI is InChI=1S/C26H30N6O5S/c1-31(25(34)21-6-4-8-37-21)15-18-11-17-5-3-7-32(24(17)29-20(18)16-33)26(35)30-23-12-22(38-10-9-36-2)19(13-27)14-28-23/h11-12,14,16,21H,3-10,15H2,1-2H3,(H,28,30,35). The Kier molecular flexibility index (Phi) is 9.28. The number of thioether (sulfide) groups is 1. The topological polar surface area (TPSA) is 138 Å². The molecule has 2 aromatic rings. The number of urea groups is 1. The Morgan fingerprint density at radius 1 is 1.39 bits per heavy atom. The van der Waals surface area contributed by atoms with Crippen molar-refractivity contribution >= 4 is 41.6 Å². The maximum Gasteiger partial charge on any atom is 0.328 e. The number of hydrogen-bond donors (Lipinski definition) is 1. The number of aromatic nitrogens is 2. The van der Waals surface area contributed by atoms with Gasteiger partial charge in [-0.2, -0.15) is 5.26 Å². The number of carbonyl (C=O) groups is 3. The first kappa shape index (κ1) is 27.5. The highest BCUT2D eigenvalue weighted by Gasteiger charge is 2.29. The molecule has 0 spiro atoms. The van der Waals surface area contributed by atoms with Gasteiger partial charge in [0, 0.05) is 56.3 Å². The van der Waals surface area contributed by atoms with Crippen molar-refractivity contribution in [2.24, 2.45) is 0 Å². The van der Waals surface area contributed by atoms with Crippen LogP contribution in [0.25, 0.3) is 0 Å². The van der Waals surface area contributed by atoms with Gasteiger partial charge in [-0.15, -0.1) is 11.8 Å². The van der Waals surface area contributed by atoms with Gasteiger partial charge in [-0.25, -0.2) is 14.8 Å². The van der Waals surface area contributed by atoms with Crippen molar-refractivity contribution in [1.29, 1.82) is 5.26 Å². The number of fused-ring (bicyclic) bond motifs is 1. The molecule has 11 nitrogen and oxygen atoms in total. The molecule has 200 valence electrons. The fraction of sp³-hybridized carbons (Fsp3) is 0.462. The summed E-state index contributed by atoms with van der Waals surface area (Å²) in [5, 5.41) is 12.2. The van der Waals surface area contributed by atoms with Crippen LogP contribution in [0.2, 0.25) is 0 Å². The van der Waals surface area contributed by atoms with Crippen LogP contribution < -0.4 is 10.2 Å².